The van der Waals surface area contributed by atoms with E-state index in [4.69, 9.17) is 4.74 Å². The minimum Gasteiger partial charge on any atom is -0.454 e. The number of carbonyl (C=O) groups excluding carboxylic acids is 3. The first kappa shape index (κ1) is 22.0. The number of ether oxygens (including phenoxy) is 1. The first-order valence-electron chi connectivity index (χ1n) is 10.2. The molecule has 31 heavy (non-hydrogen) atoms. The predicted octanol–water partition coefficient (Wildman–Crippen LogP) is 4.18. The molecule has 0 bridgehead atoms. The second-order valence-corrected chi connectivity index (χ2v) is 7.65. The van der Waals surface area contributed by atoms with E-state index in [1.807, 2.05) is 69.3 Å². The van der Waals surface area contributed by atoms with E-state index in [-0.39, 0.29) is 18.4 Å². The van der Waals surface area contributed by atoms with Gasteiger partial charge in [0.15, 0.2) is 6.61 Å². The number of anilines is 1. The molecule has 0 saturated carbocycles. The Morgan fingerprint density at radius 3 is 2.42 bits per heavy atom. The molecule has 3 rings (SSSR count). The van der Waals surface area contributed by atoms with Crippen LogP contribution in [0.2, 0.25) is 0 Å². The van der Waals surface area contributed by atoms with Gasteiger partial charge in [0, 0.05) is 11.3 Å². The van der Waals surface area contributed by atoms with E-state index >= 15 is 0 Å². The van der Waals surface area contributed by atoms with Gasteiger partial charge in [-0.25, -0.2) is 0 Å². The number of carbonyl (C=O) groups is 3. The standard InChI is InChI=1S/C25H26N2O4/c1-16(2)21-10-6-7-17(3)24(21)27-22(28)15-31-23(29)14-26-25(30)20-12-11-18-8-4-5-9-19(18)13-20/h4-13,16H,14-15H2,1-3H3,(H,26,30)(H,27,28). The van der Waals surface area contributed by atoms with E-state index in [0.29, 0.717) is 5.56 Å². The maximum absolute atomic E-state index is 12.3. The van der Waals surface area contributed by atoms with E-state index in [0.717, 1.165) is 27.6 Å². The molecular formula is C25H26N2O4. The van der Waals surface area contributed by atoms with E-state index in [1.54, 1.807) is 12.1 Å². The monoisotopic (exact) mass is 418 g/mol. The summed E-state index contributed by atoms with van der Waals surface area (Å²) in [5.74, 6) is -1.25. The molecular weight excluding hydrogens is 392 g/mol. The van der Waals surface area contributed by atoms with Crippen molar-refractivity contribution in [3.63, 3.8) is 0 Å². The topological polar surface area (TPSA) is 84.5 Å². The summed E-state index contributed by atoms with van der Waals surface area (Å²) in [5.41, 5.74) is 3.14. The number of hydrogen-bond donors (Lipinski definition) is 2. The Kier molecular flexibility index (Phi) is 7.03. The molecule has 0 atom stereocenters. The molecule has 6 heteroatoms. The molecule has 0 aromatic heterocycles. The number of fused-ring (bicyclic) bond motifs is 1. The lowest BCUT2D eigenvalue weighted by Gasteiger charge is -2.16. The molecule has 6 nitrogen and oxygen atoms in total. The van der Waals surface area contributed by atoms with Gasteiger partial charge in [0.1, 0.15) is 6.54 Å². The third-order valence-electron chi connectivity index (χ3n) is 4.96. The van der Waals surface area contributed by atoms with Gasteiger partial charge in [-0.2, -0.15) is 0 Å². The Morgan fingerprint density at radius 2 is 1.68 bits per heavy atom. The van der Waals surface area contributed by atoms with Gasteiger partial charge >= 0.3 is 5.97 Å². The van der Waals surface area contributed by atoms with Crippen molar-refractivity contribution in [1.29, 1.82) is 0 Å². The summed E-state index contributed by atoms with van der Waals surface area (Å²) < 4.78 is 5.01. The zero-order valence-corrected chi connectivity index (χ0v) is 17.9. The van der Waals surface area contributed by atoms with Crippen LogP contribution < -0.4 is 10.6 Å². The fourth-order valence-electron chi connectivity index (χ4n) is 3.30. The molecule has 2 amide bonds. The van der Waals surface area contributed by atoms with Crippen LogP contribution in [0.15, 0.2) is 60.7 Å². The van der Waals surface area contributed by atoms with Crippen LogP contribution in [-0.2, 0) is 14.3 Å². The summed E-state index contributed by atoms with van der Waals surface area (Å²) in [6.07, 6.45) is 0. The van der Waals surface area contributed by atoms with Crippen molar-refractivity contribution in [2.75, 3.05) is 18.5 Å². The van der Waals surface area contributed by atoms with Gasteiger partial charge in [0.05, 0.1) is 0 Å². The van der Waals surface area contributed by atoms with Crippen molar-refractivity contribution in [2.24, 2.45) is 0 Å². The van der Waals surface area contributed by atoms with E-state index < -0.39 is 18.5 Å². The summed E-state index contributed by atoms with van der Waals surface area (Å²) in [6, 6.07) is 18.8. The third kappa shape index (κ3) is 5.69. The molecule has 3 aromatic rings. The number of amides is 2. The Morgan fingerprint density at radius 1 is 0.935 bits per heavy atom. The molecule has 0 saturated heterocycles. The van der Waals surface area contributed by atoms with Crippen LogP contribution in [0.1, 0.15) is 41.3 Å². The van der Waals surface area contributed by atoms with Crippen LogP contribution in [0.3, 0.4) is 0 Å². The molecule has 0 aliphatic carbocycles. The highest BCUT2D eigenvalue weighted by molar-refractivity contribution is 6.00. The van der Waals surface area contributed by atoms with Gasteiger partial charge in [-0.15, -0.1) is 0 Å². The average molecular weight is 418 g/mol. The molecule has 3 aromatic carbocycles. The second-order valence-electron chi connectivity index (χ2n) is 7.65. The molecule has 0 aliphatic rings. The first-order chi connectivity index (χ1) is 14.8. The van der Waals surface area contributed by atoms with E-state index in [9.17, 15) is 14.4 Å². The number of rotatable bonds is 7. The van der Waals surface area contributed by atoms with Crippen molar-refractivity contribution >= 4 is 34.2 Å². The highest BCUT2D eigenvalue weighted by Gasteiger charge is 2.14. The largest absolute Gasteiger partial charge is 0.454 e. The van der Waals surface area contributed by atoms with Crippen LogP contribution in [-0.4, -0.2) is 30.9 Å². The molecule has 0 spiro atoms. The maximum Gasteiger partial charge on any atom is 0.325 e. The van der Waals surface area contributed by atoms with E-state index in [2.05, 4.69) is 10.6 Å². The summed E-state index contributed by atoms with van der Waals surface area (Å²) in [7, 11) is 0. The van der Waals surface area contributed by atoms with Crippen LogP contribution in [0.4, 0.5) is 5.69 Å². The Bertz CT molecular complexity index is 1120. The van der Waals surface area contributed by atoms with Gasteiger partial charge < -0.3 is 15.4 Å². The van der Waals surface area contributed by atoms with Gasteiger partial charge in [-0.05, 0) is 46.9 Å². The highest BCUT2D eigenvalue weighted by atomic mass is 16.5. The number of benzene rings is 3. The van der Waals surface area contributed by atoms with Crippen molar-refractivity contribution in [3.05, 3.63) is 77.4 Å². The van der Waals surface area contributed by atoms with Crippen molar-refractivity contribution in [2.45, 2.75) is 26.7 Å². The SMILES string of the molecule is Cc1cccc(C(C)C)c1NC(=O)COC(=O)CNC(=O)c1ccc2ccccc2c1. The smallest absolute Gasteiger partial charge is 0.325 e. The van der Waals surface area contributed by atoms with Crippen molar-refractivity contribution < 1.29 is 19.1 Å². The lowest BCUT2D eigenvalue weighted by molar-refractivity contribution is -0.146. The molecule has 0 aliphatic heterocycles. The van der Waals surface area contributed by atoms with Crippen LogP contribution in [0.25, 0.3) is 10.8 Å². The minimum absolute atomic E-state index is 0.239. The number of para-hydroxylation sites is 1. The Hall–Kier alpha value is -3.67. The van der Waals surface area contributed by atoms with E-state index in [1.165, 1.54) is 0 Å². The summed E-state index contributed by atoms with van der Waals surface area (Å²) >= 11 is 0. The van der Waals surface area contributed by atoms with Gasteiger partial charge in [0.25, 0.3) is 11.8 Å². The molecule has 160 valence electrons. The van der Waals surface area contributed by atoms with Crippen LogP contribution in [0, 0.1) is 6.92 Å². The summed E-state index contributed by atoms with van der Waals surface area (Å²) in [5, 5.41) is 7.31. The lowest BCUT2D eigenvalue weighted by atomic mass is 9.98. The van der Waals surface area contributed by atoms with Gasteiger partial charge in [-0.1, -0.05) is 62.4 Å². The quantitative estimate of drug-likeness (QED) is 0.564. The second kappa shape index (κ2) is 9.89. The molecule has 2 N–H and O–H groups in total. The predicted molar refractivity (Wildman–Crippen MR) is 121 cm³/mol. The number of aryl methyl sites for hydroxylation is 1. The van der Waals surface area contributed by atoms with Crippen molar-refractivity contribution in [3.8, 4) is 0 Å². The highest BCUT2D eigenvalue weighted by Crippen LogP contribution is 2.27. The Labute approximate surface area is 181 Å². The molecule has 0 unspecified atom stereocenters. The van der Waals surface area contributed by atoms with Crippen LogP contribution in [0.5, 0.6) is 0 Å². The zero-order chi connectivity index (χ0) is 22.4. The first-order valence-corrected chi connectivity index (χ1v) is 10.2. The number of nitrogens with one attached hydrogen (secondary N) is 2. The zero-order valence-electron chi connectivity index (χ0n) is 17.9. The van der Waals surface area contributed by atoms with Crippen LogP contribution >= 0.6 is 0 Å². The molecule has 0 fully saturated rings. The lowest BCUT2D eigenvalue weighted by Crippen LogP contribution is -2.32. The molecule has 0 heterocycles. The summed E-state index contributed by atoms with van der Waals surface area (Å²) in [4.78, 5) is 36.5. The number of esters is 1. The third-order valence-corrected chi connectivity index (χ3v) is 4.96. The number of hydrogen-bond acceptors (Lipinski definition) is 4. The van der Waals surface area contributed by atoms with Gasteiger partial charge in [-0.3, -0.25) is 14.4 Å². The molecule has 0 radical (unpaired) electrons. The van der Waals surface area contributed by atoms with Gasteiger partial charge in [0.2, 0.25) is 0 Å². The minimum atomic E-state index is -0.682. The van der Waals surface area contributed by atoms with Crippen molar-refractivity contribution in [1.82, 2.24) is 5.32 Å². The maximum atomic E-state index is 12.3. The summed E-state index contributed by atoms with van der Waals surface area (Å²) in [6.45, 7) is 5.26. The fourth-order valence-corrected chi connectivity index (χ4v) is 3.30. The Balaban J connectivity index is 1.50. The average Bonchev–Trinajstić information content (AvgIpc) is 2.76. The fraction of sp³-hybridized carbons (Fsp3) is 0.240. The normalized spacial score (nSPS) is 10.7.